The molecular weight excluding hydrogens is 102 g/mol. The standard InChI is InChI=1S/C6H7NO/c8-6-4-1-2-5(3-4)7-6/h1-2,4-5H,3H2,(H,7,8)/t4-,5+/m1/s1. The second kappa shape index (κ2) is 1.13. The number of rotatable bonds is 0. The Hall–Kier alpha value is -0.790. The van der Waals surface area contributed by atoms with Gasteiger partial charge in [-0.3, -0.25) is 4.79 Å². The minimum absolute atomic E-state index is 0.206. The molecule has 0 radical (unpaired) electrons. The van der Waals surface area contributed by atoms with Gasteiger partial charge in [0.2, 0.25) is 5.91 Å². The smallest absolute Gasteiger partial charge is 0.227 e. The van der Waals surface area contributed by atoms with Crippen molar-refractivity contribution in [3.63, 3.8) is 0 Å². The Bertz CT molecular complexity index is 162. The Morgan fingerprint density at radius 2 is 2.50 bits per heavy atom. The van der Waals surface area contributed by atoms with Gasteiger partial charge in [-0.25, -0.2) is 0 Å². The van der Waals surface area contributed by atoms with E-state index in [9.17, 15) is 4.79 Å². The lowest BCUT2D eigenvalue weighted by Gasteiger charge is -2.01. The summed E-state index contributed by atoms with van der Waals surface area (Å²) in [7, 11) is 0. The average Bonchev–Trinajstić information content (AvgIpc) is 2.23. The molecular formula is C6H7NO. The maximum atomic E-state index is 10.7. The van der Waals surface area contributed by atoms with Crippen LogP contribution in [0.25, 0.3) is 0 Å². The first-order valence-corrected chi connectivity index (χ1v) is 2.85. The molecule has 1 saturated heterocycles. The van der Waals surface area contributed by atoms with E-state index in [0.29, 0.717) is 6.04 Å². The lowest BCUT2D eigenvalue weighted by atomic mass is 10.1. The summed E-state index contributed by atoms with van der Waals surface area (Å²) in [5.74, 6) is 0.414. The molecule has 2 nitrogen and oxygen atoms in total. The highest BCUT2D eigenvalue weighted by Crippen LogP contribution is 2.23. The molecule has 0 spiro atoms. The van der Waals surface area contributed by atoms with E-state index < -0.39 is 0 Å². The molecule has 0 aromatic heterocycles. The highest BCUT2D eigenvalue weighted by atomic mass is 16.2. The van der Waals surface area contributed by atoms with Crippen molar-refractivity contribution in [3.05, 3.63) is 12.2 Å². The van der Waals surface area contributed by atoms with Crippen LogP contribution in [0.4, 0.5) is 0 Å². The van der Waals surface area contributed by atoms with Crippen LogP contribution in [0.15, 0.2) is 12.2 Å². The van der Waals surface area contributed by atoms with Crippen LogP contribution in [0.3, 0.4) is 0 Å². The van der Waals surface area contributed by atoms with Crippen molar-refractivity contribution in [2.75, 3.05) is 0 Å². The molecule has 0 saturated carbocycles. The van der Waals surface area contributed by atoms with Gasteiger partial charge in [0, 0.05) is 6.04 Å². The first-order chi connectivity index (χ1) is 3.86. The fourth-order valence-corrected chi connectivity index (χ4v) is 1.29. The Morgan fingerprint density at radius 1 is 1.62 bits per heavy atom. The molecule has 2 atom stereocenters. The van der Waals surface area contributed by atoms with Gasteiger partial charge in [-0.05, 0) is 6.42 Å². The predicted molar refractivity (Wildman–Crippen MR) is 29.2 cm³/mol. The quantitative estimate of drug-likeness (QED) is 0.438. The molecule has 1 amide bonds. The minimum atomic E-state index is 0.206. The minimum Gasteiger partial charge on any atom is -0.349 e. The van der Waals surface area contributed by atoms with E-state index >= 15 is 0 Å². The molecule has 1 N–H and O–H groups in total. The van der Waals surface area contributed by atoms with Gasteiger partial charge < -0.3 is 5.32 Å². The molecule has 1 fully saturated rings. The fourth-order valence-electron chi connectivity index (χ4n) is 1.29. The third kappa shape index (κ3) is 0.351. The zero-order valence-corrected chi connectivity index (χ0v) is 4.42. The second-order valence-corrected chi connectivity index (χ2v) is 2.34. The SMILES string of the molecule is O=C1N[C@H]2C=C[C@@H]1C2. The summed E-state index contributed by atoms with van der Waals surface area (Å²) in [6, 6.07) is 0.368. The maximum absolute atomic E-state index is 10.7. The monoisotopic (exact) mass is 109 g/mol. The third-order valence-electron chi connectivity index (χ3n) is 1.75. The summed E-state index contributed by atoms with van der Waals surface area (Å²) in [5, 5.41) is 2.83. The molecule has 0 aromatic carbocycles. The third-order valence-corrected chi connectivity index (χ3v) is 1.75. The topological polar surface area (TPSA) is 29.1 Å². The number of hydrogen-bond acceptors (Lipinski definition) is 1. The van der Waals surface area contributed by atoms with Crippen molar-refractivity contribution in [1.82, 2.24) is 5.32 Å². The molecule has 2 aliphatic rings. The number of nitrogens with one attached hydrogen (secondary N) is 1. The van der Waals surface area contributed by atoms with Gasteiger partial charge in [-0.2, -0.15) is 0 Å². The molecule has 1 heterocycles. The van der Waals surface area contributed by atoms with Crippen molar-refractivity contribution >= 4 is 5.91 Å². The molecule has 42 valence electrons. The van der Waals surface area contributed by atoms with Crippen LogP contribution in [0.1, 0.15) is 6.42 Å². The second-order valence-electron chi connectivity index (χ2n) is 2.34. The van der Waals surface area contributed by atoms with Crippen LogP contribution in [-0.4, -0.2) is 11.9 Å². The van der Waals surface area contributed by atoms with Crippen LogP contribution >= 0.6 is 0 Å². The van der Waals surface area contributed by atoms with Gasteiger partial charge >= 0.3 is 0 Å². The zero-order chi connectivity index (χ0) is 5.56. The summed E-state index contributed by atoms with van der Waals surface area (Å²) in [6.45, 7) is 0. The summed E-state index contributed by atoms with van der Waals surface area (Å²) < 4.78 is 0. The molecule has 0 unspecified atom stereocenters. The molecule has 2 bridgehead atoms. The Morgan fingerprint density at radius 3 is 2.75 bits per heavy atom. The number of carbonyl (C=O) groups excluding carboxylic acids is 1. The number of fused-ring (bicyclic) bond motifs is 2. The predicted octanol–water partition coefficient (Wildman–Crippen LogP) is 0.0609. The van der Waals surface area contributed by atoms with E-state index in [1.807, 2.05) is 6.08 Å². The number of hydrogen-bond donors (Lipinski definition) is 1. The van der Waals surface area contributed by atoms with E-state index in [2.05, 4.69) is 11.4 Å². The lowest BCUT2D eigenvalue weighted by molar-refractivity contribution is -0.121. The van der Waals surface area contributed by atoms with Gasteiger partial charge in [-0.15, -0.1) is 0 Å². The molecule has 0 aromatic rings. The molecule has 8 heavy (non-hydrogen) atoms. The summed E-state index contributed by atoms with van der Waals surface area (Å²) >= 11 is 0. The van der Waals surface area contributed by atoms with E-state index in [-0.39, 0.29) is 11.8 Å². The zero-order valence-electron chi connectivity index (χ0n) is 4.42. The average molecular weight is 109 g/mol. The van der Waals surface area contributed by atoms with Crippen LogP contribution in [-0.2, 0) is 4.79 Å². The fraction of sp³-hybridized carbons (Fsp3) is 0.500. The summed E-state index contributed by atoms with van der Waals surface area (Å²) in [6.07, 6.45) is 5.05. The van der Waals surface area contributed by atoms with Crippen LogP contribution < -0.4 is 5.32 Å². The van der Waals surface area contributed by atoms with Gasteiger partial charge in [0.25, 0.3) is 0 Å². The molecule has 1 aliphatic heterocycles. The first-order valence-electron chi connectivity index (χ1n) is 2.85. The van der Waals surface area contributed by atoms with Crippen LogP contribution in [0.5, 0.6) is 0 Å². The van der Waals surface area contributed by atoms with Crippen molar-refractivity contribution < 1.29 is 4.79 Å². The first kappa shape index (κ1) is 4.13. The highest BCUT2D eigenvalue weighted by molar-refractivity contribution is 5.84. The number of carbonyl (C=O) groups is 1. The van der Waals surface area contributed by atoms with E-state index in [1.165, 1.54) is 0 Å². The Balaban J connectivity index is 2.35. The van der Waals surface area contributed by atoms with Crippen molar-refractivity contribution in [2.45, 2.75) is 12.5 Å². The number of amides is 1. The normalized spacial score (nSPS) is 40.8. The maximum Gasteiger partial charge on any atom is 0.227 e. The van der Waals surface area contributed by atoms with Gasteiger partial charge in [0.15, 0.2) is 0 Å². The summed E-state index contributed by atoms with van der Waals surface area (Å²) in [4.78, 5) is 10.7. The molecule has 2 heteroatoms. The summed E-state index contributed by atoms with van der Waals surface area (Å²) in [5.41, 5.74) is 0. The Labute approximate surface area is 47.6 Å². The van der Waals surface area contributed by atoms with E-state index in [0.717, 1.165) is 6.42 Å². The molecule has 2 rings (SSSR count). The van der Waals surface area contributed by atoms with Crippen molar-refractivity contribution in [2.24, 2.45) is 5.92 Å². The molecule has 1 aliphatic carbocycles. The van der Waals surface area contributed by atoms with Gasteiger partial charge in [-0.1, -0.05) is 12.2 Å². The van der Waals surface area contributed by atoms with Crippen molar-refractivity contribution in [3.8, 4) is 0 Å². The van der Waals surface area contributed by atoms with Crippen LogP contribution in [0.2, 0.25) is 0 Å². The van der Waals surface area contributed by atoms with Crippen molar-refractivity contribution in [1.29, 1.82) is 0 Å². The van der Waals surface area contributed by atoms with Gasteiger partial charge in [0.05, 0.1) is 5.92 Å². The van der Waals surface area contributed by atoms with Gasteiger partial charge in [0.1, 0.15) is 0 Å². The van der Waals surface area contributed by atoms with E-state index in [1.54, 1.807) is 0 Å². The highest BCUT2D eigenvalue weighted by Gasteiger charge is 2.32. The lowest BCUT2D eigenvalue weighted by Crippen LogP contribution is -2.26. The van der Waals surface area contributed by atoms with E-state index in [4.69, 9.17) is 0 Å². The Kier molecular flexibility index (Phi) is 0.583. The van der Waals surface area contributed by atoms with Crippen LogP contribution in [0, 0.1) is 5.92 Å². The largest absolute Gasteiger partial charge is 0.349 e.